The van der Waals surface area contributed by atoms with Crippen LogP contribution >= 0.6 is 0 Å². The molecule has 3 N–H and O–H groups in total. The first-order valence-corrected chi connectivity index (χ1v) is 3.70. The first kappa shape index (κ1) is 9.88. The summed E-state index contributed by atoms with van der Waals surface area (Å²) >= 11 is 0. The predicted octanol–water partition coefficient (Wildman–Crippen LogP) is -0.00620. The Morgan fingerprint density at radius 3 is 2.00 bits per heavy atom. The Bertz CT molecular complexity index is 85.7. The monoisotopic (exact) mass is 146 g/mol. The third-order valence-corrected chi connectivity index (χ3v) is 1.70. The zero-order valence-corrected chi connectivity index (χ0v) is 7.04. The fourth-order valence-corrected chi connectivity index (χ4v) is 1.00. The van der Waals surface area contributed by atoms with Gasteiger partial charge in [-0.1, -0.05) is 0 Å². The Balaban J connectivity index is 3.80. The van der Waals surface area contributed by atoms with Gasteiger partial charge in [0.25, 0.3) is 0 Å². The molecule has 10 heavy (non-hydrogen) atoms. The van der Waals surface area contributed by atoms with E-state index in [4.69, 9.17) is 10.8 Å². The summed E-state index contributed by atoms with van der Waals surface area (Å²) in [6.07, 6.45) is 0. The van der Waals surface area contributed by atoms with E-state index in [1.165, 1.54) is 0 Å². The molecule has 0 aromatic carbocycles. The summed E-state index contributed by atoms with van der Waals surface area (Å²) < 4.78 is 0. The van der Waals surface area contributed by atoms with Gasteiger partial charge in [-0.15, -0.1) is 0 Å². The first-order chi connectivity index (χ1) is 4.63. The number of hydrogen-bond donors (Lipinski definition) is 2. The first-order valence-electron chi connectivity index (χ1n) is 3.70. The van der Waals surface area contributed by atoms with Crippen LogP contribution in [0.1, 0.15) is 20.8 Å². The van der Waals surface area contributed by atoms with E-state index < -0.39 is 0 Å². The summed E-state index contributed by atoms with van der Waals surface area (Å²) in [7, 11) is 0. The average molecular weight is 146 g/mol. The Morgan fingerprint density at radius 1 is 1.40 bits per heavy atom. The molecule has 3 nitrogen and oxygen atoms in total. The van der Waals surface area contributed by atoms with Crippen molar-refractivity contribution in [1.29, 1.82) is 0 Å². The topological polar surface area (TPSA) is 49.5 Å². The average Bonchev–Trinajstić information content (AvgIpc) is 1.88. The summed E-state index contributed by atoms with van der Waals surface area (Å²) in [5, 5.41) is 8.79. The van der Waals surface area contributed by atoms with Crippen molar-refractivity contribution in [3.63, 3.8) is 0 Å². The molecule has 1 atom stereocenters. The largest absolute Gasteiger partial charge is 0.395 e. The van der Waals surface area contributed by atoms with Crippen LogP contribution in [0, 0.1) is 0 Å². The lowest BCUT2D eigenvalue weighted by Crippen LogP contribution is -2.44. The van der Waals surface area contributed by atoms with Crippen LogP contribution in [0.15, 0.2) is 0 Å². The Labute approximate surface area is 62.8 Å². The molecule has 0 heterocycles. The second kappa shape index (κ2) is 4.66. The number of aliphatic hydroxyl groups excluding tert-OH is 1. The molecular formula is C7H18N2O. The van der Waals surface area contributed by atoms with Crippen molar-refractivity contribution >= 4 is 0 Å². The number of aliphatic hydroxyl groups is 1. The molecule has 0 spiro atoms. The van der Waals surface area contributed by atoms with E-state index >= 15 is 0 Å². The summed E-state index contributed by atoms with van der Waals surface area (Å²) in [5.41, 5.74) is 5.46. The van der Waals surface area contributed by atoms with Gasteiger partial charge >= 0.3 is 0 Å². The highest BCUT2D eigenvalue weighted by Gasteiger charge is 2.13. The molecule has 0 aromatic heterocycles. The van der Waals surface area contributed by atoms with Gasteiger partial charge in [0.05, 0.1) is 6.61 Å². The second-order valence-electron chi connectivity index (χ2n) is 2.82. The standard InChI is InChI=1S/C7H18N2O/c1-6(2)9(5-8)7(3)4-10/h6-7,10H,4-5,8H2,1-3H3. The molecule has 0 amide bonds. The third-order valence-electron chi connectivity index (χ3n) is 1.70. The maximum absolute atomic E-state index is 8.79. The van der Waals surface area contributed by atoms with E-state index in [9.17, 15) is 0 Å². The van der Waals surface area contributed by atoms with E-state index in [1.807, 2.05) is 11.8 Å². The van der Waals surface area contributed by atoms with E-state index in [0.717, 1.165) is 0 Å². The van der Waals surface area contributed by atoms with E-state index in [2.05, 4.69) is 13.8 Å². The van der Waals surface area contributed by atoms with Gasteiger partial charge in [0, 0.05) is 18.8 Å². The zero-order chi connectivity index (χ0) is 8.15. The second-order valence-corrected chi connectivity index (χ2v) is 2.82. The minimum Gasteiger partial charge on any atom is -0.395 e. The normalized spacial score (nSPS) is 14.7. The van der Waals surface area contributed by atoms with Crippen LogP contribution in [0.3, 0.4) is 0 Å². The molecule has 0 aliphatic heterocycles. The van der Waals surface area contributed by atoms with E-state index in [1.54, 1.807) is 0 Å². The van der Waals surface area contributed by atoms with E-state index in [0.29, 0.717) is 12.7 Å². The molecule has 1 unspecified atom stereocenters. The summed E-state index contributed by atoms with van der Waals surface area (Å²) in [6, 6.07) is 0.581. The molecule has 0 bridgehead atoms. The minimum absolute atomic E-state index is 0.171. The highest BCUT2D eigenvalue weighted by atomic mass is 16.3. The Kier molecular flexibility index (Phi) is 4.60. The fraction of sp³-hybridized carbons (Fsp3) is 1.00. The van der Waals surface area contributed by atoms with Crippen molar-refractivity contribution in [3.8, 4) is 0 Å². The molecule has 0 rings (SSSR count). The van der Waals surface area contributed by atoms with Crippen molar-refractivity contribution < 1.29 is 5.11 Å². The maximum atomic E-state index is 8.79. The highest BCUT2D eigenvalue weighted by Crippen LogP contribution is 2.01. The summed E-state index contributed by atoms with van der Waals surface area (Å²) in [5.74, 6) is 0. The molecule has 0 radical (unpaired) electrons. The quantitative estimate of drug-likeness (QED) is 0.549. The molecule has 0 aliphatic carbocycles. The maximum Gasteiger partial charge on any atom is 0.0584 e. The van der Waals surface area contributed by atoms with Crippen molar-refractivity contribution in [2.45, 2.75) is 32.9 Å². The Morgan fingerprint density at radius 2 is 1.90 bits per heavy atom. The van der Waals surface area contributed by atoms with Crippen molar-refractivity contribution in [3.05, 3.63) is 0 Å². The van der Waals surface area contributed by atoms with Crippen LogP contribution in [0.4, 0.5) is 0 Å². The predicted molar refractivity (Wildman–Crippen MR) is 42.6 cm³/mol. The minimum atomic E-state index is 0.171. The smallest absolute Gasteiger partial charge is 0.0584 e. The molecule has 0 saturated heterocycles. The number of nitrogens with two attached hydrogens (primary N) is 1. The van der Waals surface area contributed by atoms with Crippen LogP contribution in [0.2, 0.25) is 0 Å². The van der Waals surface area contributed by atoms with Crippen LogP contribution in [0.25, 0.3) is 0 Å². The molecule has 0 fully saturated rings. The lowest BCUT2D eigenvalue weighted by molar-refractivity contribution is 0.109. The van der Waals surface area contributed by atoms with Crippen LogP contribution in [-0.2, 0) is 0 Å². The van der Waals surface area contributed by atoms with Crippen molar-refractivity contribution in [1.82, 2.24) is 4.90 Å². The van der Waals surface area contributed by atoms with Gasteiger partial charge in [-0.3, -0.25) is 4.90 Å². The molecule has 0 aliphatic rings. The molecule has 62 valence electrons. The lowest BCUT2D eigenvalue weighted by atomic mass is 10.2. The van der Waals surface area contributed by atoms with Gasteiger partial charge in [-0.25, -0.2) is 0 Å². The zero-order valence-electron chi connectivity index (χ0n) is 7.04. The highest BCUT2D eigenvalue weighted by molar-refractivity contribution is 4.67. The van der Waals surface area contributed by atoms with Crippen LogP contribution in [-0.4, -0.2) is 35.4 Å². The van der Waals surface area contributed by atoms with Crippen LogP contribution < -0.4 is 5.73 Å². The molecular weight excluding hydrogens is 128 g/mol. The fourth-order valence-electron chi connectivity index (χ4n) is 1.00. The molecule has 0 saturated carbocycles. The molecule has 0 aromatic rings. The lowest BCUT2D eigenvalue weighted by Gasteiger charge is -2.29. The summed E-state index contributed by atoms with van der Waals surface area (Å²) in [6.45, 7) is 6.79. The van der Waals surface area contributed by atoms with Crippen molar-refractivity contribution in [2.24, 2.45) is 5.73 Å². The van der Waals surface area contributed by atoms with Gasteiger partial charge in [0.1, 0.15) is 0 Å². The van der Waals surface area contributed by atoms with Gasteiger partial charge in [-0.2, -0.15) is 0 Å². The van der Waals surface area contributed by atoms with Gasteiger partial charge in [0.15, 0.2) is 0 Å². The summed E-state index contributed by atoms with van der Waals surface area (Å²) in [4.78, 5) is 2.04. The van der Waals surface area contributed by atoms with Gasteiger partial charge in [0.2, 0.25) is 0 Å². The van der Waals surface area contributed by atoms with Gasteiger partial charge < -0.3 is 10.8 Å². The van der Waals surface area contributed by atoms with Crippen molar-refractivity contribution in [2.75, 3.05) is 13.3 Å². The third kappa shape index (κ3) is 2.64. The van der Waals surface area contributed by atoms with Gasteiger partial charge in [-0.05, 0) is 20.8 Å². The molecule has 3 heteroatoms. The SMILES string of the molecule is CC(C)N(CN)C(C)CO. The van der Waals surface area contributed by atoms with Crippen LogP contribution in [0.5, 0.6) is 0 Å². The van der Waals surface area contributed by atoms with E-state index in [-0.39, 0.29) is 12.6 Å². The number of hydrogen-bond acceptors (Lipinski definition) is 3. The number of nitrogens with zero attached hydrogens (tertiary/aromatic N) is 1. The number of rotatable bonds is 4. The Hall–Kier alpha value is -0.120.